The first-order chi connectivity index (χ1) is 9.85. The molecule has 0 unspecified atom stereocenters. The molecule has 1 aromatic carbocycles. The van der Waals surface area contributed by atoms with Crippen LogP contribution in [0.3, 0.4) is 0 Å². The normalized spacial score (nSPS) is 19.4. The lowest BCUT2D eigenvalue weighted by atomic mass is 9.91. The van der Waals surface area contributed by atoms with Crippen molar-refractivity contribution >= 4 is 11.8 Å². The number of hydrogen-bond donors (Lipinski definition) is 1. The molecular formula is C17H26N2O2. The Hall–Kier alpha value is -1.71. The number of piperidine rings is 1. The molecule has 1 aromatic rings. The lowest BCUT2D eigenvalue weighted by molar-refractivity contribution is 0.0166. The number of nitrogens with zero attached hydrogens (tertiary/aromatic N) is 1. The zero-order valence-electron chi connectivity index (χ0n) is 13.3. The van der Waals surface area contributed by atoms with Crippen molar-refractivity contribution in [2.45, 2.75) is 45.6 Å². The molecule has 1 saturated heterocycles. The van der Waals surface area contributed by atoms with Gasteiger partial charge in [0, 0.05) is 18.8 Å². The van der Waals surface area contributed by atoms with Crippen LogP contribution in [0.5, 0.6) is 0 Å². The Morgan fingerprint density at radius 2 is 2.10 bits per heavy atom. The van der Waals surface area contributed by atoms with Crippen LogP contribution < -0.4 is 5.73 Å². The van der Waals surface area contributed by atoms with Crippen molar-refractivity contribution in [1.29, 1.82) is 0 Å². The average molecular weight is 290 g/mol. The standard InChI is InChI=1S/C17H26N2O2/c1-17(2,3)21-16(20)19-10-6-7-13(12-19)11-14-8-4-5-9-15(14)18/h4-5,8-9,13H,6-7,10-12,18H2,1-3H3/t13-/m0/s1. The molecule has 1 aliphatic heterocycles. The van der Waals surface area contributed by atoms with Crippen LogP contribution in [0.25, 0.3) is 0 Å². The summed E-state index contributed by atoms with van der Waals surface area (Å²) in [6, 6.07) is 7.97. The van der Waals surface area contributed by atoms with E-state index in [9.17, 15) is 4.79 Å². The number of carbonyl (C=O) groups is 1. The van der Waals surface area contributed by atoms with Gasteiger partial charge in [0.2, 0.25) is 0 Å². The van der Waals surface area contributed by atoms with Gasteiger partial charge in [0.25, 0.3) is 0 Å². The molecule has 0 radical (unpaired) electrons. The van der Waals surface area contributed by atoms with Crippen LogP contribution in [0, 0.1) is 5.92 Å². The van der Waals surface area contributed by atoms with Crippen molar-refractivity contribution in [3.8, 4) is 0 Å². The predicted molar refractivity (Wildman–Crippen MR) is 85.1 cm³/mol. The third-order valence-electron chi connectivity index (χ3n) is 3.73. The van der Waals surface area contributed by atoms with E-state index >= 15 is 0 Å². The second-order valence-electron chi connectivity index (χ2n) is 6.84. The summed E-state index contributed by atoms with van der Waals surface area (Å²) in [5.74, 6) is 0.455. The van der Waals surface area contributed by atoms with Gasteiger partial charge >= 0.3 is 6.09 Å². The molecule has 1 amide bonds. The highest BCUT2D eigenvalue weighted by Crippen LogP contribution is 2.24. The van der Waals surface area contributed by atoms with E-state index in [1.165, 1.54) is 5.56 Å². The molecule has 0 aliphatic carbocycles. The minimum atomic E-state index is -0.437. The summed E-state index contributed by atoms with van der Waals surface area (Å²) >= 11 is 0. The van der Waals surface area contributed by atoms with E-state index in [1.54, 1.807) is 0 Å². The number of anilines is 1. The van der Waals surface area contributed by atoms with E-state index in [0.29, 0.717) is 5.92 Å². The van der Waals surface area contributed by atoms with E-state index in [2.05, 4.69) is 6.07 Å². The minimum absolute atomic E-state index is 0.201. The van der Waals surface area contributed by atoms with Crippen LogP contribution in [-0.2, 0) is 11.2 Å². The van der Waals surface area contributed by atoms with E-state index in [4.69, 9.17) is 10.5 Å². The van der Waals surface area contributed by atoms with Gasteiger partial charge in [-0.25, -0.2) is 4.79 Å². The largest absolute Gasteiger partial charge is 0.444 e. The van der Waals surface area contributed by atoms with Crippen LogP contribution in [-0.4, -0.2) is 29.7 Å². The van der Waals surface area contributed by atoms with E-state index in [-0.39, 0.29) is 6.09 Å². The highest BCUT2D eigenvalue weighted by molar-refractivity contribution is 5.68. The molecule has 4 nitrogen and oxygen atoms in total. The highest BCUT2D eigenvalue weighted by Gasteiger charge is 2.27. The number of hydrogen-bond acceptors (Lipinski definition) is 3. The molecule has 116 valence electrons. The van der Waals surface area contributed by atoms with Gasteiger partial charge < -0.3 is 15.4 Å². The molecule has 0 bridgehead atoms. The quantitative estimate of drug-likeness (QED) is 0.849. The first-order valence-corrected chi connectivity index (χ1v) is 7.66. The Kier molecular flexibility index (Phi) is 4.76. The molecule has 1 heterocycles. The Balaban J connectivity index is 1.95. The van der Waals surface area contributed by atoms with E-state index in [1.807, 2.05) is 43.9 Å². The third kappa shape index (κ3) is 4.66. The highest BCUT2D eigenvalue weighted by atomic mass is 16.6. The molecule has 2 rings (SSSR count). The number of carbonyl (C=O) groups excluding carboxylic acids is 1. The van der Waals surface area contributed by atoms with Crippen molar-refractivity contribution < 1.29 is 9.53 Å². The van der Waals surface area contributed by atoms with Gasteiger partial charge in [-0.2, -0.15) is 0 Å². The second-order valence-corrected chi connectivity index (χ2v) is 6.84. The van der Waals surface area contributed by atoms with Crippen LogP contribution in [0.4, 0.5) is 10.5 Å². The van der Waals surface area contributed by atoms with Crippen molar-refractivity contribution in [1.82, 2.24) is 4.90 Å². The molecule has 1 fully saturated rings. The molecule has 4 heteroatoms. The smallest absolute Gasteiger partial charge is 0.410 e. The number of nitrogens with two attached hydrogens (primary N) is 1. The van der Waals surface area contributed by atoms with E-state index < -0.39 is 5.60 Å². The monoisotopic (exact) mass is 290 g/mol. The van der Waals surface area contributed by atoms with Crippen LogP contribution in [0.2, 0.25) is 0 Å². The van der Waals surface area contributed by atoms with Gasteiger partial charge in [-0.05, 0) is 57.6 Å². The summed E-state index contributed by atoms with van der Waals surface area (Å²) in [7, 11) is 0. The average Bonchev–Trinajstić information content (AvgIpc) is 2.40. The lowest BCUT2D eigenvalue weighted by Gasteiger charge is -2.34. The summed E-state index contributed by atoms with van der Waals surface area (Å²) in [6.45, 7) is 7.24. The number of ether oxygens (including phenoxy) is 1. The number of nitrogen functional groups attached to an aromatic ring is 1. The maximum absolute atomic E-state index is 12.2. The number of para-hydroxylation sites is 1. The fourth-order valence-corrected chi connectivity index (χ4v) is 2.76. The summed E-state index contributed by atoms with van der Waals surface area (Å²) in [5, 5.41) is 0. The molecule has 0 spiro atoms. The van der Waals surface area contributed by atoms with Crippen LogP contribution in [0.1, 0.15) is 39.2 Å². The molecule has 1 aliphatic rings. The summed E-state index contributed by atoms with van der Waals surface area (Å²) < 4.78 is 5.46. The van der Waals surface area contributed by atoms with Gasteiger partial charge in [-0.15, -0.1) is 0 Å². The van der Waals surface area contributed by atoms with E-state index in [0.717, 1.165) is 38.0 Å². The molecule has 0 saturated carbocycles. The zero-order valence-corrected chi connectivity index (χ0v) is 13.3. The van der Waals surface area contributed by atoms with Gasteiger partial charge in [0.1, 0.15) is 5.60 Å². The third-order valence-corrected chi connectivity index (χ3v) is 3.73. The predicted octanol–water partition coefficient (Wildman–Crippen LogP) is 3.46. The Labute approximate surface area is 127 Å². The minimum Gasteiger partial charge on any atom is -0.444 e. The molecular weight excluding hydrogens is 264 g/mol. The number of likely N-dealkylation sites (tertiary alicyclic amines) is 1. The Morgan fingerprint density at radius 1 is 1.38 bits per heavy atom. The van der Waals surface area contributed by atoms with Crippen LogP contribution >= 0.6 is 0 Å². The van der Waals surface area contributed by atoms with Crippen LogP contribution in [0.15, 0.2) is 24.3 Å². The first kappa shape index (κ1) is 15.7. The van der Waals surface area contributed by atoms with Gasteiger partial charge in [0.15, 0.2) is 0 Å². The van der Waals surface area contributed by atoms with Crippen molar-refractivity contribution in [3.63, 3.8) is 0 Å². The van der Waals surface area contributed by atoms with Gasteiger partial charge in [0.05, 0.1) is 0 Å². The summed E-state index contributed by atoms with van der Waals surface area (Å²) in [4.78, 5) is 14.0. The summed E-state index contributed by atoms with van der Waals surface area (Å²) in [5.41, 5.74) is 7.59. The number of amides is 1. The zero-order chi connectivity index (χ0) is 15.5. The van der Waals surface area contributed by atoms with Gasteiger partial charge in [-0.1, -0.05) is 18.2 Å². The van der Waals surface area contributed by atoms with Crippen molar-refractivity contribution in [2.24, 2.45) is 5.92 Å². The topological polar surface area (TPSA) is 55.6 Å². The van der Waals surface area contributed by atoms with Crippen molar-refractivity contribution in [3.05, 3.63) is 29.8 Å². The fourth-order valence-electron chi connectivity index (χ4n) is 2.76. The van der Waals surface area contributed by atoms with Crippen molar-refractivity contribution in [2.75, 3.05) is 18.8 Å². The summed E-state index contributed by atoms with van der Waals surface area (Å²) in [6.07, 6.45) is 2.88. The van der Waals surface area contributed by atoms with Gasteiger partial charge in [-0.3, -0.25) is 0 Å². The molecule has 1 atom stereocenters. The second kappa shape index (κ2) is 6.37. The number of rotatable bonds is 2. The molecule has 2 N–H and O–H groups in total. The SMILES string of the molecule is CC(C)(C)OC(=O)N1CCC[C@@H](Cc2ccccc2N)C1. The Morgan fingerprint density at radius 3 is 2.76 bits per heavy atom. The molecule has 21 heavy (non-hydrogen) atoms. The lowest BCUT2D eigenvalue weighted by Crippen LogP contribution is -2.43. The first-order valence-electron chi connectivity index (χ1n) is 7.66. The fraction of sp³-hybridized carbons (Fsp3) is 0.588. The number of benzene rings is 1. The Bertz CT molecular complexity index is 494. The molecule has 0 aromatic heterocycles. The maximum Gasteiger partial charge on any atom is 0.410 e. The maximum atomic E-state index is 12.2.